The van der Waals surface area contributed by atoms with Crippen molar-refractivity contribution in [1.29, 1.82) is 0 Å². The molecule has 1 saturated heterocycles. The van der Waals surface area contributed by atoms with Crippen LogP contribution in [-0.4, -0.2) is 56.6 Å². The summed E-state index contributed by atoms with van der Waals surface area (Å²) in [7, 11) is 0. The smallest absolute Gasteiger partial charge is 0.260 e. The number of hydrogen-bond donors (Lipinski definition) is 0. The van der Waals surface area contributed by atoms with Gasteiger partial charge in [0.1, 0.15) is 6.29 Å². The van der Waals surface area contributed by atoms with Gasteiger partial charge in [-0.1, -0.05) is 0 Å². The lowest BCUT2D eigenvalue weighted by molar-refractivity contribution is -0.137. The zero-order chi connectivity index (χ0) is 15.1. The molecule has 1 aromatic rings. The van der Waals surface area contributed by atoms with Gasteiger partial charge in [-0.15, -0.1) is 0 Å². The molecule has 0 bridgehead atoms. The van der Waals surface area contributed by atoms with E-state index in [1.54, 1.807) is 23.1 Å². The number of rotatable bonds is 6. The fraction of sp³-hybridized carbons (Fsp3) is 0.467. The summed E-state index contributed by atoms with van der Waals surface area (Å²) in [6.45, 7) is 4.54. The molecule has 6 heteroatoms. The van der Waals surface area contributed by atoms with Crippen molar-refractivity contribution >= 4 is 12.2 Å². The van der Waals surface area contributed by atoms with Gasteiger partial charge < -0.3 is 19.1 Å². The average molecular weight is 293 g/mol. The molecule has 21 heavy (non-hydrogen) atoms. The second-order valence-electron chi connectivity index (χ2n) is 4.54. The molecule has 6 nitrogen and oxygen atoms in total. The highest BCUT2D eigenvalue weighted by molar-refractivity contribution is 5.78. The summed E-state index contributed by atoms with van der Waals surface area (Å²) in [6.07, 6.45) is 0.741. The van der Waals surface area contributed by atoms with E-state index in [0.29, 0.717) is 50.0 Å². The lowest BCUT2D eigenvalue weighted by Crippen LogP contribution is -2.43. The molecule has 1 fully saturated rings. The van der Waals surface area contributed by atoms with E-state index in [9.17, 15) is 9.59 Å². The normalized spacial score (nSPS) is 14.6. The minimum absolute atomic E-state index is 0.0550. The van der Waals surface area contributed by atoms with Crippen LogP contribution in [0.3, 0.4) is 0 Å². The Morgan fingerprint density at radius 2 is 2.05 bits per heavy atom. The standard InChI is InChI=1S/C15H19NO5/c1-2-20-14-9-12(10-17)3-4-13(14)21-11-15(18)16-5-7-19-8-6-16/h3-4,9-10H,2,5-8,11H2,1H3. The maximum absolute atomic E-state index is 12.0. The maximum atomic E-state index is 12.0. The van der Waals surface area contributed by atoms with Crippen molar-refractivity contribution in [2.75, 3.05) is 39.5 Å². The largest absolute Gasteiger partial charge is 0.490 e. The molecule has 0 unspecified atom stereocenters. The highest BCUT2D eigenvalue weighted by atomic mass is 16.5. The molecular weight excluding hydrogens is 274 g/mol. The van der Waals surface area contributed by atoms with E-state index in [2.05, 4.69) is 0 Å². The van der Waals surface area contributed by atoms with E-state index >= 15 is 0 Å². The van der Waals surface area contributed by atoms with Crippen molar-refractivity contribution in [3.8, 4) is 11.5 Å². The van der Waals surface area contributed by atoms with Crippen LogP contribution >= 0.6 is 0 Å². The minimum Gasteiger partial charge on any atom is -0.490 e. The molecule has 2 rings (SSSR count). The third-order valence-electron chi connectivity index (χ3n) is 3.12. The average Bonchev–Trinajstić information content (AvgIpc) is 2.54. The van der Waals surface area contributed by atoms with Crippen molar-refractivity contribution in [3.05, 3.63) is 23.8 Å². The van der Waals surface area contributed by atoms with Gasteiger partial charge in [0.2, 0.25) is 0 Å². The Labute approximate surface area is 123 Å². The lowest BCUT2D eigenvalue weighted by atomic mass is 10.2. The van der Waals surface area contributed by atoms with Crippen LogP contribution in [0.1, 0.15) is 17.3 Å². The number of nitrogens with zero attached hydrogens (tertiary/aromatic N) is 1. The molecule has 1 aliphatic heterocycles. The molecule has 0 N–H and O–H groups in total. The van der Waals surface area contributed by atoms with Crippen LogP contribution in [0.5, 0.6) is 11.5 Å². The number of carbonyl (C=O) groups excluding carboxylic acids is 2. The van der Waals surface area contributed by atoms with Crippen LogP contribution in [0, 0.1) is 0 Å². The first-order valence-corrected chi connectivity index (χ1v) is 6.95. The Hall–Kier alpha value is -2.08. The van der Waals surface area contributed by atoms with Crippen molar-refractivity contribution in [1.82, 2.24) is 4.90 Å². The van der Waals surface area contributed by atoms with E-state index in [1.165, 1.54) is 0 Å². The molecule has 0 aromatic heterocycles. The molecule has 0 saturated carbocycles. The topological polar surface area (TPSA) is 65.1 Å². The summed E-state index contributed by atoms with van der Waals surface area (Å²) in [6, 6.07) is 4.87. The van der Waals surface area contributed by atoms with Crippen molar-refractivity contribution in [2.45, 2.75) is 6.92 Å². The fourth-order valence-corrected chi connectivity index (χ4v) is 2.03. The number of morpholine rings is 1. The third-order valence-corrected chi connectivity index (χ3v) is 3.12. The molecule has 0 radical (unpaired) electrons. The molecule has 114 valence electrons. The Bertz CT molecular complexity index is 497. The molecular formula is C15H19NO5. The van der Waals surface area contributed by atoms with Crippen LogP contribution < -0.4 is 9.47 Å². The van der Waals surface area contributed by atoms with Gasteiger partial charge in [0.15, 0.2) is 18.1 Å². The van der Waals surface area contributed by atoms with Gasteiger partial charge in [0, 0.05) is 18.7 Å². The zero-order valence-corrected chi connectivity index (χ0v) is 12.0. The van der Waals surface area contributed by atoms with Crippen LogP contribution in [0.25, 0.3) is 0 Å². The van der Waals surface area contributed by atoms with E-state index in [-0.39, 0.29) is 12.5 Å². The number of benzene rings is 1. The third kappa shape index (κ3) is 4.19. The predicted octanol–water partition coefficient (Wildman–Crippen LogP) is 1.14. The quantitative estimate of drug-likeness (QED) is 0.736. The number of aldehydes is 1. The summed E-state index contributed by atoms with van der Waals surface area (Å²) in [5.41, 5.74) is 0.505. The van der Waals surface area contributed by atoms with Crippen molar-refractivity contribution < 1.29 is 23.8 Å². The Kier molecular flexibility index (Phi) is 5.57. The van der Waals surface area contributed by atoms with Gasteiger partial charge in [-0.25, -0.2) is 0 Å². The second kappa shape index (κ2) is 7.64. The lowest BCUT2D eigenvalue weighted by Gasteiger charge is -2.26. The highest BCUT2D eigenvalue weighted by Gasteiger charge is 2.18. The summed E-state index contributed by atoms with van der Waals surface area (Å²) in [5.74, 6) is 0.848. The Morgan fingerprint density at radius 3 is 2.71 bits per heavy atom. The molecule has 1 aliphatic rings. The van der Waals surface area contributed by atoms with Gasteiger partial charge in [-0.05, 0) is 25.1 Å². The number of carbonyl (C=O) groups is 2. The minimum atomic E-state index is -0.0831. The van der Waals surface area contributed by atoms with Crippen molar-refractivity contribution in [2.24, 2.45) is 0 Å². The second-order valence-corrected chi connectivity index (χ2v) is 4.54. The van der Waals surface area contributed by atoms with Crippen LogP contribution in [-0.2, 0) is 9.53 Å². The molecule has 1 heterocycles. The molecule has 1 aromatic carbocycles. The van der Waals surface area contributed by atoms with E-state index in [0.717, 1.165) is 6.29 Å². The van der Waals surface area contributed by atoms with Crippen molar-refractivity contribution in [3.63, 3.8) is 0 Å². The summed E-state index contributed by atoms with van der Waals surface area (Å²) < 4.78 is 16.2. The monoisotopic (exact) mass is 293 g/mol. The number of amides is 1. The highest BCUT2D eigenvalue weighted by Crippen LogP contribution is 2.28. The summed E-state index contributed by atoms with van der Waals surface area (Å²) in [4.78, 5) is 24.5. The first-order chi connectivity index (χ1) is 10.2. The predicted molar refractivity (Wildman–Crippen MR) is 75.9 cm³/mol. The molecule has 0 aliphatic carbocycles. The van der Waals surface area contributed by atoms with E-state index in [1.807, 2.05) is 6.92 Å². The Balaban J connectivity index is 1.98. The fourth-order valence-electron chi connectivity index (χ4n) is 2.03. The van der Waals surface area contributed by atoms with Gasteiger partial charge >= 0.3 is 0 Å². The summed E-state index contributed by atoms with van der Waals surface area (Å²) >= 11 is 0. The van der Waals surface area contributed by atoms with Crippen LogP contribution in [0.15, 0.2) is 18.2 Å². The summed E-state index contributed by atoms with van der Waals surface area (Å²) in [5, 5.41) is 0. The Morgan fingerprint density at radius 1 is 1.29 bits per heavy atom. The van der Waals surface area contributed by atoms with Crippen LogP contribution in [0.2, 0.25) is 0 Å². The maximum Gasteiger partial charge on any atom is 0.260 e. The number of hydrogen-bond acceptors (Lipinski definition) is 5. The molecule has 1 amide bonds. The number of ether oxygens (including phenoxy) is 3. The zero-order valence-electron chi connectivity index (χ0n) is 12.0. The SMILES string of the molecule is CCOc1cc(C=O)ccc1OCC(=O)N1CCOCC1. The molecule has 0 spiro atoms. The van der Waals surface area contributed by atoms with Gasteiger partial charge in [-0.3, -0.25) is 9.59 Å². The van der Waals surface area contributed by atoms with Gasteiger partial charge in [-0.2, -0.15) is 0 Å². The first kappa shape index (κ1) is 15.3. The van der Waals surface area contributed by atoms with Crippen LogP contribution in [0.4, 0.5) is 0 Å². The van der Waals surface area contributed by atoms with Gasteiger partial charge in [0.05, 0.1) is 19.8 Å². The van der Waals surface area contributed by atoms with E-state index < -0.39 is 0 Å². The molecule has 0 atom stereocenters. The first-order valence-electron chi connectivity index (χ1n) is 6.95. The van der Waals surface area contributed by atoms with Gasteiger partial charge in [0.25, 0.3) is 5.91 Å². The van der Waals surface area contributed by atoms with E-state index in [4.69, 9.17) is 14.2 Å².